The molecule has 2 unspecified atom stereocenters. The molecule has 0 radical (unpaired) electrons. The van der Waals surface area contributed by atoms with Crippen molar-refractivity contribution in [3.8, 4) is 11.4 Å². The van der Waals surface area contributed by atoms with Gasteiger partial charge in [0.05, 0.1) is 11.5 Å². The number of phenolic OH excluding ortho intramolecular Hbond substituents is 1. The molecule has 1 aromatic heterocycles. The third-order valence-electron chi connectivity index (χ3n) is 5.87. The number of aliphatic carboxylic acids is 1. The van der Waals surface area contributed by atoms with Crippen LogP contribution >= 0.6 is 0 Å². The summed E-state index contributed by atoms with van der Waals surface area (Å²) in [5.74, 6) is -2.88. The molecule has 0 aliphatic heterocycles. The Hall–Kier alpha value is -3.95. The molecular weight excluding hydrogens is 466 g/mol. The summed E-state index contributed by atoms with van der Waals surface area (Å²) >= 11 is 0. The first-order valence-electron chi connectivity index (χ1n) is 10.8. The summed E-state index contributed by atoms with van der Waals surface area (Å²) in [5, 5.41) is 28.3. The zero-order chi connectivity index (χ0) is 25.3. The topological polar surface area (TPSA) is 88.2 Å². The maximum absolute atomic E-state index is 14.1. The highest BCUT2D eigenvalue weighted by Gasteiger charge is 2.31. The van der Waals surface area contributed by atoms with E-state index in [1.165, 1.54) is 24.3 Å². The summed E-state index contributed by atoms with van der Waals surface area (Å²) in [6.07, 6.45) is -4.28. The Kier molecular flexibility index (Phi) is 6.47. The average Bonchev–Trinajstić information content (AvgIpc) is 3.22. The number of rotatable bonds is 7. The molecule has 2 atom stereocenters. The van der Waals surface area contributed by atoms with Gasteiger partial charge in [-0.25, -0.2) is 4.39 Å². The fourth-order valence-corrected chi connectivity index (χ4v) is 4.04. The second-order valence-electron chi connectivity index (χ2n) is 8.41. The smallest absolute Gasteiger partial charge is 0.416 e. The van der Waals surface area contributed by atoms with Crippen LogP contribution in [0.15, 0.2) is 60.7 Å². The zero-order valence-corrected chi connectivity index (χ0v) is 18.5. The third kappa shape index (κ3) is 5.26. The number of halogens is 4. The largest absolute Gasteiger partial charge is 0.506 e. The second-order valence-corrected chi connectivity index (χ2v) is 8.41. The van der Waals surface area contributed by atoms with Crippen molar-refractivity contribution in [1.82, 2.24) is 15.0 Å². The molecule has 6 nitrogen and oxygen atoms in total. The van der Waals surface area contributed by atoms with Crippen molar-refractivity contribution in [2.45, 2.75) is 31.9 Å². The van der Waals surface area contributed by atoms with E-state index < -0.39 is 29.4 Å². The molecule has 10 heteroatoms. The van der Waals surface area contributed by atoms with Gasteiger partial charge in [-0.15, -0.1) is 15.0 Å². The number of hydrogen-bond acceptors (Lipinski definition) is 4. The van der Waals surface area contributed by atoms with Gasteiger partial charge in [-0.05, 0) is 66.3 Å². The quantitative estimate of drug-likeness (QED) is 0.326. The Morgan fingerprint density at radius 1 is 1.03 bits per heavy atom. The maximum atomic E-state index is 14.1. The first-order valence-corrected chi connectivity index (χ1v) is 10.8. The number of carbonyl (C=O) groups is 1. The number of hydrogen-bond donors (Lipinski definition) is 2. The number of fused-ring (bicyclic) bond motifs is 1. The van der Waals surface area contributed by atoms with Crippen molar-refractivity contribution in [3.63, 3.8) is 0 Å². The molecule has 0 aliphatic rings. The molecule has 2 N–H and O–H groups in total. The summed E-state index contributed by atoms with van der Waals surface area (Å²) in [6.45, 7) is 1.75. The fraction of sp³-hybridized carbons (Fsp3) is 0.240. The van der Waals surface area contributed by atoms with Crippen LogP contribution in [0.2, 0.25) is 0 Å². The number of phenols is 1. The standard InChI is InChI=1S/C25H21F4N3O3/c1-14(18-4-2-3-5-19(18)26)10-16(24(34)35)11-15-6-9-23(33)22(12-15)32-30-20-8-7-17(25(27,28)29)13-21(20)31-32/h2-9,12-14,16,33H,10-11H2,1H3,(H,34,35). The van der Waals surface area contributed by atoms with Crippen LogP contribution in [0.25, 0.3) is 16.7 Å². The number of alkyl halides is 3. The van der Waals surface area contributed by atoms with E-state index in [4.69, 9.17) is 0 Å². The Morgan fingerprint density at radius 2 is 1.74 bits per heavy atom. The predicted molar refractivity (Wildman–Crippen MR) is 120 cm³/mol. The van der Waals surface area contributed by atoms with Gasteiger partial charge >= 0.3 is 12.1 Å². The predicted octanol–water partition coefficient (Wildman–Crippen LogP) is 5.72. The highest BCUT2D eigenvalue weighted by Crippen LogP contribution is 2.32. The minimum atomic E-state index is -4.54. The zero-order valence-electron chi connectivity index (χ0n) is 18.5. The minimum absolute atomic E-state index is 0.00764. The lowest BCUT2D eigenvalue weighted by atomic mass is 9.86. The second kappa shape index (κ2) is 9.36. The van der Waals surface area contributed by atoms with Gasteiger partial charge in [-0.1, -0.05) is 31.2 Å². The van der Waals surface area contributed by atoms with Gasteiger partial charge in [0.25, 0.3) is 0 Å². The van der Waals surface area contributed by atoms with Gasteiger partial charge in [0, 0.05) is 0 Å². The van der Waals surface area contributed by atoms with Crippen LogP contribution in [0, 0.1) is 11.7 Å². The average molecular weight is 487 g/mol. The van der Waals surface area contributed by atoms with E-state index in [9.17, 15) is 32.6 Å². The van der Waals surface area contributed by atoms with Crippen LogP contribution in [0.5, 0.6) is 5.75 Å². The lowest BCUT2D eigenvalue weighted by Crippen LogP contribution is -2.19. The summed E-state index contributed by atoms with van der Waals surface area (Å²) < 4.78 is 53.1. The summed E-state index contributed by atoms with van der Waals surface area (Å²) in [4.78, 5) is 13.0. The lowest BCUT2D eigenvalue weighted by molar-refractivity contribution is -0.142. The molecule has 0 saturated carbocycles. The number of nitrogens with zero attached hydrogens (tertiary/aromatic N) is 3. The first-order chi connectivity index (χ1) is 16.5. The van der Waals surface area contributed by atoms with E-state index in [0.29, 0.717) is 11.1 Å². The number of carboxylic acid groups (broad SMARTS) is 1. The molecule has 0 fully saturated rings. The Morgan fingerprint density at radius 3 is 2.43 bits per heavy atom. The van der Waals surface area contributed by atoms with Crippen LogP contribution in [-0.2, 0) is 17.4 Å². The molecule has 3 aromatic carbocycles. The van der Waals surface area contributed by atoms with Crippen LogP contribution in [0.4, 0.5) is 17.6 Å². The molecule has 1 heterocycles. The van der Waals surface area contributed by atoms with Crippen LogP contribution in [0.3, 0.4) is 0 Å². The van der Waals surface area contributed by atoms with E-state index in [-0.39, 0.29) is 41.2 Å². The van der Waals surface area contributed by atoms with Crippen molar-refractivity contribution in [1.29, 1.82) is 0 Å². The van der Waals surface area contributed by atoms with Crippen LogP contribution in [-0.4, -0.2) is 31.2 Å². The summed E-state index contributed by atoms with van der Waals surface area (Å²) in [7, 11) is 0. The van der Waals surface area contributed by atoms with Crippen LogP contribution in [0.1, 0.15) is 36.0 Å². The number of aromatic nitrogens is 3. The lowest BCUT2D eigenvalue weighted by Gasteiger charge is -2.19. The van der Waals surface area contributed by atoms with E-state index in [1.807, 2.05) is 0 Å². The fourth-order valence-electron chi connectivity index (χ4n) is 4.04. The van der Waals surface area contributed by atoms with E-state index in [1.54, 1.807) is 31.2 Å². The summed E-state index contributed by atoms with van der Waals surface area (Å²) in [5.41, 5.74) is 0.387. The Balaban J connectivity index is 1.61. The van der Waals surface area contributed by atoms with Crippen molar-refractivity contribution >= 4 is 17.0 Å². The molecular formula is C25H21F4N3O3. The highest BCUT2D eigenvalue weighted by atomic mass is 19.4. The Bertz CT molecular complexity index is 1380. The van der Waals surface area contributed by atoms with E-state index >= 15 is 0 Å². The van der Waals surface area contributed by atoms with Gasteiger partial charge in [0.2, 0.25) is 0 Å². The van der Waals surface area contributed by atoms with E-state index in [0.717, 1.165) is 16.9 Å². The number of benzene rings is 3. The molecule has 4 rings (SSSR count). The van der Waals surface area contributed by atoms with Gasteiger partial charge in [0.15, 0.2) is 0 Å². The molecule has 0 bridgehead atoms. The SMILES string of the molecule is CC(CC(Cc1ccc(O)c(-n2nc3ccc(C(F)(F)F)cc3n2)c1)C(=O)O)c1ccccc1F. The minimum Gasteiger partial charge on any atom is -0.506 e. The van der Waals surface area contributed by atoms with Crippen molar-refractivity contribution in [2.75, 3.05) is 0 Å². The summed E-state index contributed by atoms with van der Waals surface area (Å²) in [6, 6.07) is 13.5. The van der Waals surface area contributed by atoms with Crippen molar-refractivity contribution < 1.29 is 32.6 Å². The molecule has 0 amide bonds. The first kappa shape index (κ1) is 24.2. The molecule has 0 saturated heterocycles. The van der Waals surface area contributed by atoms with Gasteiger partial charge in [0.1, 0.15) is 28.3 Å². The van der Waals surface area contributed by atoms with Crippen LogP contribution < -0.4 is 0 Å². The van der Waals surface area contributed by atoms with E-state index in [2.05, 4.69) is 10.2 Å². The highest BCUT2D eigenvalue weighted by molar-refractivity contribution is 5.75. The normalized spacial score (nSPS) is 13.6. The molecule has 4 aromatic rings. The van der Waals surface area contributed by atoms with Gasteiger partial charge in [-0.3, -0.25) is 4.79 Å². The van der Waals surface area contributed by atoms with Crippen molar-refractivity contribution in [2.24, 2.45) is 5.92 Å². The Labute approximate surface area is 197 Å². The van der Waals surface area contributed by atoms with Gasteiger partial charge in [-0.2, -0.15) is 13.2 Å². The number of carboxylic acids is 1. The third-order valence-corrected chi connectivity index (χ3v) is 5.87. The van der Waals surface area contributed by atoms with Gasteiger partial charge < -0.3 is 10.2 Å². The molecule has 0 spiro atoms. The van der Waals surface area contributed by atoms with Crippen molar-refractivity contribution in [3.05, 3.63) is 83.2 Å². The maximum Gasteiger partial charge on any atom is 0.416 e. The number of aromatic hydroxyl groups is 1. The molecule has 35 heavy (non-hydrogen) atoms. The molecule has 182 valence electrons. The molecule has 0 aliphatic carbocycles. The monoisotopic (exact) mass is 487 g/mol.